The van der Waals surface area contributed by atoms with Gasteiger partial charge in [0, 0.05) is 25.4 Å². The normalized spacial score (nSPS) is 13.6. The van der Waals surface area contributed by atoms with Gasteiger partial charge in [0.2, 0.25) is 11.8 Å². The number of amides is 2. The van der Waals surface area contributed by atoms with Crippen molar-refractivity contribution < 1.29 is 9.59 Å². The summed E-state index contributed by atoms with van der Waals surface area (Å²) in [6.07, 6.45) is 0.603. The van der Waals surface area contributed by atoms with Crippen LogP contribution in [-0.2, 0) is 9.59 Å². The first-order valence-corrected chi connectivity index (χ1v) is 4.74. The van der Waals surface area contributed by atoms with E-state index in [2.05, 4.69) is 0 Å². The topological polar surface area (TPSA) is 63.4 Å². The smallest absolute Gasteiger partial charge is 0.226 e. The van der Waals surface area contributed by atoms with E-state index in [0.29, 0.717) is 6.42 Å². The van der Waals surface area contributed by atoms with Gasteiger partial charge in [-0.1, -0.05) is 0 Å². The van der Waals surface area contributed by atoms with Crippen LogP contribution in [0.25, 0.3) is 0 Å². The highest BCUT2D eigenvalue weighted by atomic mass is 16.2. The Bertz CT molecular complexity index is 217. The molecule has 82 valence electrons. The third-order valence-electron chi connectivity index (χ3n) is 1.94. The fraction of sp³-hybridized carbons (Fsp3) is 0.800. The summed E-state index contributed by atoms with van der Waals surface area (Å²) < 4.78 is 0. The van der Waals surface area contributed by atoms with Gasteiger partial charge in [0.05, 0.1) is 0 Å². The average Bonchev–Trinajstić information content (AvgIpc) is 1.78. The predicted molar refractivity (Wildman–Crippen MR) is 55.5 cm³/mol. The largest absolute Gasteiger partial charge is 0.325 e. The number of hydrogen-bond acceptors (Lipinski definition) is 3. The molecule has 0 aliphatic rings. The van der Waals surface area contributed by atoms with Gasteiger partial charge in [-0.3, -0.25) is 14.5 Å². The van der Waals surface area contributed by atoms with Crippen LogP contribution in [0.1, 0.15) is 41.0 Å². The zero-order valence-corrected chi connectivity index (χ0v) is 9.63. The Morgan fingerprint density at radius 1 is 1.29 bits per heavy atom. The standard InChI is InChI=1S/C10H20N2O2/c1-7(6-10(4,5)11)12(8(2)13)9(3)14/h7H,6,11H2,1-5H3. The van der Waals surface area contributed by atoms with E-state index >= 15 is 0 Å². The molecule has 2 N–H and O–H groups in total. The number of imide groups is 1. The maximum Gasteiger partial charge on any atom is 0.226 e. The SMILES string of the molecule is CC(=O)N(C(C)=O)C(C)CC(C)(C)N. The Morgan fingerprint density at radius 2 is 1.64 bits per heavy atom. The summed E-state index contributed by atoms with van der Waals surface area (Å²) in [6, 6.07) is -0.148. The van der Waals surface area contributed by atoms with Crippen LogP contribution in [-0.4, -0.2) is 28.3 Å². The maximum atomic E-state index is 11.2. The number of carbonyl (C=O) groups is 2. The van der Waals surface area contributed by atoms with Crippen molar-refractivity contribution in [3.05, 3.63) is 0 Å². The van der Waals surface area contributed by atoms with Gasteiger partial charge < -0.3 is 5.73 Å². The zero-order valence-electron chi connectivity index (χ0n) is 9.63. The van der Waals surface area contributed by atoms with Crippen molar-refractivity contribution in [2.45, 2.75) is 52.6 Å². The minimum Gasteiger partial charge on any atom is -0.325 e. The molecule has 0 aromatic heterocycles. The Morgan fingerprint density at radius 3 is 1.86 bits per heavy atom. The monoisotopic (exact) mass is 200 g/mol. The van der Waals surface area contributed by atoms with Crippen molar-refractivity contribution in [1.29, 1.82) is 0 Å². The Hall–Kier alpha value is -0.900. The van der Waals surface area contributed by atoms with Crippen molar-refractivity contribution in [2.75, 3.05) is 0 Å². The zero-order chi connectivity index (χ0) is 11.5. The van der Waals surface area contributed by atoms with E-state index in [1.807, 2.05) is 20.8 Å². The quantitative estimate of drug-likeness (QED) is 0.736. The number of nitrogens with zero attached hydrogens (tertiary/aromatic N) is 1. The third-order valence-corrected chi connectivity index (χ3v) is 1.94. The molecule has 0 aromatic carbocycles. The second-order valence-corrected chi connectivity index (χ2v) is 4.45. The summed E-state index contributed by atoms with van der Waals surface area (Å²) in [6.45, 7) is 8.37. The lowest BCUT2D eigenvalue weighted by Gasteiger charge is -2.30. The molecule has 0 fully saturated rings. The van der Waals surface area contributed by atoms with E-state index in [1.54, 1.807) is 0 Å². The van der Waals surface area contributed by atoms with Gasteiger partial charge >= 0.3 is 0 Å². The van der Waals surface area contributed by atoms with Gasteiger partial charge in [-0.2, -0.15) is 0 Å². The molecule has 0 rings (SSSR count). The lowest BCUT2D eigenvalue weighted by atomic mass is 9.96. The van der Waals surface area contributed by atoms with Crippen molar-refractivity contribution in [3.63, 3.8) is 0 Å². The highest BCUT2D eigenvalue weighted by Gasteiger charge is 2.25. The average molecular weight is 200 g/mol. The summed E-state index contributed by atoms with van der Waals surface area (Å²) in [7, 11) is 0. The van der Waals surface area contributed by atoms with Crippen molar-refractivity contribution in [2.24, 2.45) is 5.73 Å². The van der Waals surface area contributed by atoms with Gasteiger partial charge in [0.1, 0.15) is 0 Å². The molecule has 0 aromatic rings. The maximum absolute atomic E-state index is 11.2. The molecule has 2 amide bonds. The summed E-state index contributed by atoms with van der Waals surface area (Å²) in [5.74, 6) is -0.455. The van der Waals surface area contributed by atoms with Crippen molar-refractivity contribution in [1.82, 2.24) is 4.90 Å². The lowest BCUT2D eigenvalue weighted by molar-refractivity contribution is -0.144. The predicted octanol–water partition coefficient (Wildman–Crippen LogP) is 0.897. The van der Waals surface area contributed by atoms with E-state index in [0.717, 1.165) is 0 Å². The third kappa shape index (κ3) is 4.37. The second-order valence-electron chi connectivity index (χ2n) is 4.45. The molecule has 0 radical (unpaired) electrons. The van der Waals surface area contributed by atoms with Crippen LogP contribution in [0.4, 0.5) is 0 Å². The van der Waals surface area contributed by atoms with Crippen molar-refractivity contribution in [3.8, 4) is 0 Å². The van der Waals surface area contributed by atoms with Crippen LogP contribution >= 0.6 is 0 Å². The summed E-state index contributed by atoms with van der Waals surface area (Å²) in [4.78, 5) is 23.6. The van der Waals surface area contributed by atoms with Crippen LogP contribution < -0.4 is 5.73 Å². The number of carbonyl (C=O) groups excluding carboxylic acids is 2. The first-order chi connectivity index (χ1) is 6.15. The van der Waals surface area contributed by atoms with E-state index < -0.39 is 0 Å². The first-order valence-electron chi connectivity index (χ1n) is 4.74. The minimum atomic E-state index is -0.372. The minimum absolute atomic E-state index is 0.148. The van der Waals surface area contributed by atoms with Gasteiger partial charge in [-0.05, 0) is 27.2 Å². The van der Waals surface area contributed by atoms with Gasteiger partial charge in [-0.15, -0.1) is 0 Å². The highest BCUT2D eigenvalue weighted by molar-refractivity contribution is 5.93. The van der Waals surface area contributed by atoms with Crippen LogP contribution in [0.15, 0.2) is 0 Å². The van der Waals surface area contributed by atoms with Crippen LogP contribution in [0.3, 0.4) is 0 Å². The molecule has 14 heavy (non-hydrogen) atoms. The Kier molecular flexibility index (Phi) is 4.26. The van der Waals surface area contributed by atoms with E-state index in [9.17, 15) is 9.59 Å². The molecule has 0 aliphatic carbocycles. The van der Waals surface area contributed by atoms with E-state index in [4.69, 9.17) is 5.73 Å². The summed E-state index contributed by atoms with van der Waals surface area (Å²) in [5.41, 5.74) is 5.45. The number of rotatable bonds is 3. The number of nitrogens with two attached hydrogens (primary N) is 1. The van der Waals surface area contributed by atoms with Crippen LogP contribution in [0.2, 0.25) is 0 Å². The van der Waals surface area contributed by atoms with Gasteiger partial charge in [0.15, 0.2) is 0 Å². The fourth-order valence-electron chi connectivity index (χ4n) is 1.70. The van der Waals surface area contributed by atoms with E-state index in [1.165, 1.54) is 18.7 Å². The molecule has 0 heterocycles. The summed E-state index contributed by atoms with van der Waals surface area (Å²) in [5, 5.41) is 0. The summed E-state index contributed by atoms with van der Waals surface area (Å²) >= 11 is 0. The molecule has 0 bridgehead atoms. The molecule has 0 spiro atoms. The van der Waals surface area contributed by atoms with Crippen molar-refractivity contribution >= 4 is 11.8 Å². The molecular weight excluding hydrogens is 180 g/mol. The second kappa shape index (κ2) is 4.55. The van der Waals surface area contributed by atoms with Gasteiger partial charge in [-0.25, -0.2) is 0 Å². The van der Waals surface area contributed by atoms with E-state index in [-0.39, 0.29) is 23.4 Å². The molecule has 0 saturated carbocycles. The lowest BCUT2D eigenvalue weighted by Crippen LogP contribution is -2.46. The van der Waals surface area contributed by atoms with Gasteiger partial charge in [0.25, 0.3) is 0 Å². The molecule has 0 aliphatic heterocycles. The van der Waals surface area contributed by atoms with Crippen LogP contribution in [0, 0.1) is 0 Å². The Labute approximate surface area is 85.4 Å². The molecular formula is C10H20N2O2. The van der Waals surface area contributed by atoms with Crippen LogP contribution in [0.5, 0.6) is 0 Å². The molecule has 4 nitrogen and oxygen atoms in total. The first kappa shape index (κ1) is 13.1. The fourth-order valence-corrected chi connectivity index (χ4v) is 1.70. The molecule has 1 atom stereocenters. The molecule has 1 unspecified atom stereocenters. The highest BCUT2D eigenvalue weighted by Crippen LogP contribution is 2.13. The Balaban J connectivity index is 4.54. The molecule has 0 saturated heterocycles. The molecule has 4 heteroatoms. The number of hydrogen-bond donors (Lipinski definition) is 1.